The Morgan fingerprint density at radius 3 is 2.66 bits per heavy atom. The van der Waals surface area contributed by atoms with Crippen LogP contribution in [0.3, 0.4) is 0 Å². The van der Waals surface area contributed by atoms with Crippen molar-refractivity contribution in [1.29, 1.82) is 0 Å². The molecule has 4 aliphatic rings. The lowest BCUT2D eigenvalue weighted by atomic mass is 9.69. The minimum atomic E-state index is 0.226. The van der Waals surface area contributed by atoms with E-state index in [0.717, 1.165) is 30.7 Å². The maximum absolute atomic E-state index is 13.7. The van der Waals surface area contributed by atoms with Crippen LogP contribution in [0.15, 0.2) is 24.3 Å². The molecule has 4 heterocycles. The summed E-state index contributed by atoms with van der Waals surface area (Å²) in [6, 6.07) is 8.72. The Kier molecular flexibility index (Phi) is 7.93. The van der Waals surface area contributed by atoms with Gasteiger partial charge in [0.1, 0.15) is 5.75 Å². The molecule has 1 aromatic rings. The second kappa shape index (κ2) is 11.3. The maximum atomic E-state index is 13.7. The zero-order chi connectivity index (χ0) is 24.2. The third-order valence-corrected chi connectivity index (χ3v) is 8.74. The number of hydrogen-bond acceptors (Lipinski definition) is 5. The van der Waals surface area contributed by atoms with Crippen LogP contribution in [0.1, 0.15) is 50.5 Å². The molecule has 0 N–H and O–H groups in total. The summed E-state index contributed by atoms with van der Waals surface area (Å²) in [6.45, 7) is 5.96. The van der Waals surface area contributed by atoms with E-state index in [2.05, 4.69) is 9.80 Å². The zero-order valence-electron chi connectivity index (χ0n) is 21.2. The average Bonchev–Trinajstić information content (AvgIpc) is 2.90. The van der Waals surface area contributed by atoms with Gasteiger partial charge in [-0.3, -0.25) is 14.5 Å². The van der Waals surface area contributed by atoms with E-state index in [1.807, 2.05) is 29.2 Å². The van der Waals surface area contributed by atoms with Gasteiger partial charge in [0.2, 0.25) is 11.8 Å². The van der Waals surface area contributed by atoms with Crippen LogP contribution >= 0.6 is 0 Å². The molecular weight excluding hydrogens is 442 g/mol. The SMILES string of the molecule is COc1cccc(CC(=O)N2C[C@@H]3CCCN4CCC[C@@H]([C@H]34)[C@H]2CCCC(=O)N2CCOCC2)c1. The molecule has 2 amide bonds. The number of likely N-dealkylation sites (tertiary alicyclic amines) is 1. The van der Waals surface area contributed by atoms with Crippen LogP contribution in [-0.2, 0) is 20.7 Å². The highest BCUT2D eigenvalue weighted by atomic mass is 16.5. The monoisotopic (exact) mass is 483 g/mol. The first-order chi connectivity index (χ1) is 17.1. The minimum absolute atomic E-state index is 0.226. The van der Waals surface area contributed by atoms with Gasteiger partial charge in [0.15, 0.2) is 0 Å². The van der Waals surface area contributed by atoms with Gasteiger partial charge in [0.05, 0.1) is 26.7 Å². The van der Waals surface area contributed by atoms with E-state index < -0.39 is 0 Å². The molecule has 0 saturated carbocycles. The summed E-state index contributed by atoms with van der Waals surface area (Å²) in [5.74, 6) is 2.36. The molecule has 35 heavy (non-hydrogen) atoms. The molecule has 4 atom stereocenters. The highest BCUT2D eigenvalue weighted by Crippen LogP contribution is 2.43. The molecule has 4 saturated heterocycles. The van der Waals surface area contributed by atoms with E-state index in [9.17, 15) is 9.59 Å². The first-order valence-corrected chi connectivity index (χ1v) is 13.7. The standard InChI is InChI=1S/C28H41N3O4/c1-34-23-8-2-6-21(18-23)19-27(33)31-20-22-7-4-12-30-13-5-9-24(28(22)30)25(31)10-3-11-26(32)29-14-16-35-17-15-29/h2,6,8,18,22,24-25,28H,3-5,7,9-17,19-20H2,1H3/t22-,24+,25+,28-/m0/s1. The van der Waals surface area contributed by atoms with Crippen LogP contribution < -0.4 is 4.74 Å². The molecule has 4 aliphatic heterocycles. The van der Waals surface area contributed by atoms with Crippen molar-refractivity contribution in [3.63, 3.8) is 0 Å². The summed E-state index contributed by atoms with van der Waals surface area (Å²) < 4.78 is 10.8. The predicted octanol–water partition coefficient (Wildman–Crippen LogP) is 2.97. The van der Waals surface area contributed by atoms with Gasteiger partial charge in [-0.25, -0.2) is 0 Å². The molecule has 192 valence electrons. The second-order valence-electron chi connectivity index (χ2n) is 10.8. The smallest absolute Gasteiger partial charge is 0.227 e. The summed E-state index contributed by atoms with van der Waals surface area (Å²) in [5, 5.41) is 0. The molecule has 0 unspecified atom stereocenters. The first kappa shape index (κ1) is 24.6. The fourth-order valence-corrected chi connectivity index (χ4v) is 7.14. The Morgan fingerprint density at radius 1 is 1.06 bits per heavy atom. The highest BCUT2D eigenvalue weighted by Gasteiger charge is 2.49. The molecule has 0 bridgehead atoms. The number of ether oxygens (including phenoxy) is 2. The first-order valence-electron chi connectivity index (χ1n) is 13.7. The van der Waals surface area contributed by atoms with Crippen LogP contribution in [0.2, 0.25) is 0 Å². The van der Waals surface area contributed by atoms with Gasteiger partial charge >= 0.3 is 0 Å². The summed E-state index contributed by atoms with van der Waals surface area (Å²) in [6.07, 6.45) is 7.62. The van der Waals surface area contributed by atoms with Crippen molar-refractivity contribution in [1.82, 2.24) is 14.7 Å². The summed E-state index contributed by atoms with van der Waals surface area (Å²) >= 11 is 0. The number of hydrogen-bond donors (Lipinski definition) is 0. The number of methoxy groups -OCH3 is 1. The topological polar surface area (TPSA) is 62.3 Å². The Labute approximate surface area is 209 Å². The molecule has 4 fully saturated rings. The fourth-order valence-electron chi connectivity index (χ4n) is 7.14. The van der Waals surface area contributed by atoms with E-state index >= 15 is 0 Å². The van der Waals surface area contributed by atoms with Crippen molar-refractivity contribution in [2.45, 2.75) is 63.5 Å². The number of rotatable bonds is 7. The zero-order valence-corrected chi connectivity index (χ0v) is 21.2. The molecule has 0 aromatic heterocycles. The number of piperidine rings is 3. The number of nitrogens with zero attached hydrogens (tertiary/aromatic N) is 3. The lowest BCUT2D eigenvalue weighted by Gasteiger charge is -2.57. The Hall–Kier alpha value is -2.12. The molecule has 1 aromatic carbocycles. The van der Waals surface area contributed by atoms with Crippen molar-refractivity contribution >= 4 is 11.8 Å². The van der Waals surface area contributed by atoms with E-state index in [1.165, 1.54) is 38.8 Å². The maximum Gasteiger partial charge on any atom is 0.227 e. The van der Waals surface area contributed by atoms with Crippen LogP contribution in [0.5, 0.6) is 5.75 Å². The van der Waals surface area contributed by atoms with Crippen molar-refractivity contribution in [3.8, 4) is 5.75 Å². The van der Waals surface area contributed by atoms with Crippen molar-refractivity contribution < 1.29 is 19.1 Å². The Morgan fingerprint density at radius 2 is 1.86 bits per heavy atom. The van der Waals surface area contributed by atoms with Gasteiger partial charge in [0.25, 0.3) is 0 Å². The second-order valence-corrected chi connectivity index (χ2v) is 10.8. The third kappa shape index (κ3) is 5.51. The van der Waals surface area contributed by atoms with Crippen molar-refractivity contribution in [2.75, 3.05) is 53.0 Å². The average molecular weight is 484 g/mol. The Balaban J connectivity index is 1.30. The van der Waals surface area contributed by atoms with Crippen LogP contribution in [0.4, 0.5) is 0 Å². The van der Waals surface area contributed by atoms with E-state index in [1.54, 1.807) is 7.11 Å². The number of morpholine rings is 1. The van der Waals surface area contributed by atoms with Crippen molar-refractivity contribution in [2.24, 2.45) is 11.8 Å². The minimum Gasteiger partial charge on any atom is -0.497 e. The van der Waals surface area contributed by atoms with E-state index in [4.69, 9.17) is 9.47 Å². The van der Waals surface area contributed by atoms with Gasteiger partial charge in [-0.15, -0.1) is 0 Å². The van der Waals surface area contributed by atoms with Gasteiger partial charge in [-0.05, 0) is 81.1 Å². The highest BCUT2D eigenvalue weighted by molar-refractivity contribution is 5.79. The summed E-state index contributed by atoms with van der Waals surface area (Å²) in [7, 11) is 1.66. The molecular formula is C28H41N3O4. The van der Waals surface area contributed by atoms with Gasteiger partial charge in [0, 0.05) is 38.1 Å². The van der Waals surface area contributed by atoms with E-state index in [-0.39, 0.29) is 17.9 Å². The molecule has 7 nitrogen and oxygen atoms in total. The quantitative estimate of drug-likeness (QED) is 0.597. The fraction of sp³-hybridized carbons (Fsp3) is 0.714. The number of benzene rings is 1. The lowest BCUT2D eigenvalue weighted by molar-refractivity contribution is -0.145. The summed E-state index contributed by atoms with van der Waals surface area (Å²) in [4.78, 5) is 33.4. The predicted molar refractivity (Wildman–Crippen MR) is 134 cm³/mol. The Bertz CT molecular complexity index is 885. The normalized spacial score (nSPS) is 28.9. The van der Waals surface area contributed by atoms with Crippen LogP contribution in [0.25, 0.3) is 0 Å². The molecule has 5 rings (SSSR count). The molecule has 7 heteroatoms. The van der Waals surface area contributed by atoms with Crippen molar-refractivity contribution in [3.05, 3.63) is 29.8 Å². The van der Waals surface area contributed by atoms with Crippen LogP contribution in [0, 0.1) is 11.8 Å². The van der Waals surface area contributed by atoms with E-state index in [0.29, 0.717) is 57.0 Å². The molecule has 0 aliphatic carbocycles. The van der Waals surface area contributed by atoms with Gasteiger partial charge in [-0.1, -0.05) is 12.1 Å². The number of carbonyl (C=O) groups is 2. The number of carbonyl (C=O) groups excluding carboxylic acids is 2. The largest absolute Gasteiger partial charge is 0.497 e. The molecule has 0 radical (unpaired) electrons. The summed E-state index contributed by atoms with van der Waals surface area (Å²) in [5.41, 5.74) is 1.01. The van der Waals surface area contributed by atoms with Gasteiger partial charge in [-0.2, -0.15) is 0 Å². The molecule has 0 spiro atoms. The third-order valence-electron chi connectivity index (χ3n) is 8.74. The lowest BCUT2D eigenvalue weighted by Crippen LogP contribution is -2.65. The van der Waals surface area contributed by atoms with Crippen LogP contribution in [-0.4, -0.2) is 91.6 Å². The van der Waals surface area contributed by atoms with Gasteiger partial charge < -0.3 is 19.3 Å². The number of amides is 2.